The second kappa shape index (κ2) is 10.5. The van der Waals surface area contributed by atoms with Gasteiger partial charge in [-0.05, 0) is 68.3 Å². The molecule has 0 radical (unpaired) electrons. The Bertz CT molecular complexity index is 1320. The van der Waals surface area contributed by atoms with Crippen LogP contribution in [0.1, 0.15) is 28.7 Å². The van der Waals surface area contributed by atoms with E-state index in [9.17, 15) is 9.59 Å². The largest absolute Gasteiger partial charge is 0.464 e. The summed E-state index contributed by atoms with van der Waals surface area (Å²) in [5, 5.41) is 11.2. The highest BCUT2D eigenvalue weighted by atomic mass is 16.5. The van der Waals surface area contributed by atoms with Crippen molar-refractivity contribution in [2.24, 2.45) is 0 Å². The van der Waals surface area contributed by atoms with E-state index in [2.05, 4.69) is 15.6 Å². The summed E-state index contributed by atoms with van der Waals surface area (Å²) in [6.07, 6.45) is 0. The summed E-state index contributed by atoms with van der Waals surface area (Å²) in [7, 11) is 1.56. The first-order valence-electron chi connectivity index (χ1n) is 11.4. The molecule has 2 aromatic carbocycles. The van der Waals surface area contributed by atoms with Crippen LogP contribution in [0.2, 0.25) is 0 Å². The highest BCUT2D eigenvalue weighted by Crippen LogP contribution is 2.31. The zero-order valence-corrected chi connectivity index (χ0v) is 20.3. The van der Waals surface area contributed by atoms with E-state index < -0.39 is 6.04 Å². The Morgan fingerprint density at radius 3 is 2.51 bits per heavy atom. The summed E-state index contributed by atoms with van der Waals surface area (Å²) in [4.78, 5) is 28.9. The van der Waals surface area contributed by atoms with Gasteiger partial charge in [0.25, 0.3) is 5.91 Å². The van der Waals surface area contributed by atoms with E-state index in [0.29, 0.717) is 35.9 Å². The first kappa shape index (κ1) is 24.2. The number of hydrogen-bond acceptors (Lipinski definition) is 6. The van der Waals surface area contributed by atoms with Crippen LogP contribution in [0.15, 0.2) is 59.0 Å². The molecule has 9 heteroatoms. The molecule has 0 saturated heterocycles. The molecule has 0 aliphatic heterocycles. The Morgan fingerprint density at radius 2 is 1.83 bits per heavy atom. The number of rotatable bonds is 9. The van der Waals surface area contributed by atoms with Crippen molar-refractivity contribution in [3.8, 4) is 0 Å². The topological polar surface area (TPSA) is 102 Å². The summed E-state index contributed by atoms with van der Waals surface area (Å²) in [5.41, 5.74) is 3.96. The fourth-order valence-electron chi connectivity index (χ4n) is 4.11. The lowest BCUT2D eigenvalue weighted by molar-refractivity contribution is -0.127. The maximum absolute atomic E-state index is 13.9. The van der Waals surface area contributed by atoms with Gasteiger partial charge < -0.3 is 14.5 Å². The van der Waals surface area contributed by atoms with E-state index in [-0.39, 0.29) is 18.4 Å². The molecule has 0 fully saturated rings. The van der Waals surface area contributed by atoms with Gasteiger partial charge in [0, 0.05) is 19.3 Å². The van der Waals surface area contributed by atoms with Gasteiger partial charge in [-0.15, -0.1) is 5.10 Å². The van der Waals surface area contributed by atoms with Gasteiger partial charge in [0.05, 0.1) is 12.1 Å². The van der Waals surface area contributed by atoms with Crippen molar-refractivity contribution >= 4 is 28.5 Å². The third-order valence-corrected chi connectivity index (χ3v) is 5.60. The number of ether oxygens (including phenoxy) is 1. The second-order valence-electron chi connectivity index (χ2n) is 8.48. The Morgan fingerprint density at radius 1 is 1.09 bits per heavy atom. The van der Waals surface area contributed by atoms with E-state index in [1.807, 2.05) is 56.3 Å². The second-order valence-corrected chi connectivity index (χ2v) is 8.48. The molecule has 2 aromatic heterocycles. The molecule has 4 rings (SSSR count). The number of furan rings is 1. The number of methoxy groups -OCH3 is 1. The molecule has 1 N–H and O–H groups in total. The molecule has 0 aliphatic carbocycles. The smallest absolute Gasteiger partial charge is 0.251 e. The highest BCUT2D eigenvalue weighted by Gasteiger charge is 2.35. The number of amides is 2. The van der Waals surface area contributed by atoms with Crippen molar-refractivity contribution in [2.45, 2.75) is 33.4 Å². The zero-order chi connectivity index (χ0) is 24.9. The van der Waals surface area contributed by atoms with E-state index in [4.69, 9.17) is 9.15 Å². The minimum atomic E-state index is -1.02. The monoisotopic (exact) mass is 475 g/mol. The Kier molecular flexibility index (Phi) is 7.26. The number of nitrogens with zero attached hydrogens (tertiary/aromatic N) is 4. The van der Waals surface area contributed by atoms with E-state index >= 15 is 0 Å². The lowest BCUT2D eigenvalue weighted by Gasteiger charge is -2.30. The van der Waals surface area contributed by atoms with Gasteiger partial charge in [-0.2, -0.15) is 0 Å². The van der Waals surface area contributed by atoms with Crippen LogP contribution in [-0.2, 0) is 20.9 Å². The summed E-state index contributed by atoms with van der Waals surface area (Å²) in [5.74, 6) is 0.317. The molecule has 1 atom stereocenters. The summed E-state index contributed by atoms with van der Waals surface area (Å²) < 4.78 is 12.5. The quantitative estimate of drug-likeness (QED) is 0.372. The van der Waals surface area contributed by atoms with E-state index in [1.165, 1.54) is 4.90 Å². The number of aromatic nitrogens is 3. The molecule has 0 spiro atoms. The van der Waals surface area contributed by atoms with Gasteiger partial charge >= 0.3 is 0 Å². The van der Waals surface area contributed by atoms with Gasteiger partial charge in [0.1, 0.15) is 23.6 Å². The normalized spacial score (nSPS) is 12.0. The van der Waals surface area contributed by atoms with Crippen LogP contribution in [-0.4, -0.2) is 47.1 Å². The van der Waals surface area contributed by atoms with Crippen molar-refractivity contribution in [3.63, 3.8) is 0 Å². The number of nitrogens with one attached hydrogen (secondary N) is 1. The van der Waals surface area contributed by atoms with Crippen LogP contribution in [0.4, 0.5) is 5.69 Å². The lowest BCUT2D eigenvalue weighted by Crippen LogP contribution is -2.45. The maximum atomic E-state index is 13.9. The van der Waals surface area contributed by atoms with Crippen LogP contribution in [0.5, 0.6) is 0 Å². The number of para-hydroxylation sites is 1. The van der Waals surface area contributed by atoms with Crippen molar-refractivity contribution < 1.29 is 18.7 Å². The fraction of sp³-hybridized carbons (Fsp3) is 0.308. The van der Waals surface area contributed by atoms with Crippen LogP contribution in [0, 0.1) is 20.8 Å². The molecule has 4 aromatic rings. The standard InChI is InChI=1S/C26H29N5O4/c1-17-13-18(2)15-20(14-17)31(24(32)16-30-22-8-6-5-7-21(22)28-29-30)25(23-10-9-19(3)35-23)26(33)27-11-12-34-4/h5-10,13-15,25H,11-12,16H2,1-4H3,(H,27,33)/t25-/m1/s1. The highest BCUT2D eigenvalue weighted by molar-refractivity contribution is 6.01. The first-order chi connectivity index (χ1) is 16.9. The molecule has 2 heterocycles. The third-order valence-electron chi connectivity index (χ3n) is 5.60. The van der Waals surface area contributed by atoms with Crippen molar-refractivity contribution in [2.75, 3.05) is 25.2 Å². The van der Waals surface area contributed by atoms with Gasteiger partial charge in [-0.1, -0.05) is 23.4 Å². The number of aryl methyl sites for hydroxylation is 3. The number of hydrogen-bond donors (Lipinski definition) is 1. The number of carbonyl (C=O) groups is 2. The average molecular weight is 476 g/mol. The predicted molar refractivity (Wildman–Crippen MR) is 132 cm³/mol. The lowest BCUT2D eigenvalue weighted by atomic mass is 10.1. The molecular formula is C26H29N5O4. The van der Waals surface area contributed by atoms with Crippen molar-refractivity contribution in [1.82, 2.24) is 20.3 Å². The van der Waals surface area contributed by atoms with Gasteiger partial charge in [0.15, 0.2) is 6.04 Å². The summed E-state index contributed by atoms with van der Waals surface area (Å²) in [6, 6.07) is 15.7. The molecular weight excluding hydrogens is 446 g/mol. The molecule has 0 bridgehead atoms. The molecule has 182 valence electrons. The minimum absolute atomic E-state index is 0.102. The van der Waals surface area contributed by atoms with Gasteiger partial charge in [0.2, 0.25) is 5.91 Å². The Balaban J connectivity index is 1.79. The number of fused-ring (bicyclic) bond motifs is 1. The van der Waals surface area contributed by atoms with Crippen molar-refractivity contribution in [1.29, 1.82) is 0 Å². The zero-order valence-electron chi connectivity index (χ0n) is 20.3. The van der Waals surface area contributed by atoms with Crippen LogP contribution < -0.4 is 10.2 Å². The number of carbonyl (C=O) groups excluding carboxylic acids is 2. The average Bonchev–Trinajstić information content (AvgIpc) is 3.43. The number of anilines is 1. The Labute approximate surface area is 203 Å². The Hall–Kier alpha value is -3.98. The van der Waals surface area contributed by atoms with E-state index in [0.717, 1.165) is 16.6 Å². The maximum Gasteiger partial charge on any atom is 0.251 e. The molecule has 0 saturated carbocycles. The molecule has 35 heavy (non-hydrogen) atoms. The fourth-order valence-corrected chi connectivity index (χ4v) is 4.11. The van der Waals surface area contributed by atoms with Crippen LogP contribution in [0.3, 0.4) is 0 Å². The summed E-state index contributed by atoms with van der Waals surface area (Å²) in [6.45, 7) is 6.25. The molecule has 9 nitrogen and oxygen atoms in total. The molecule has 0 aliphatic rings. The van der Waals surface area contributed by atoms with Crippen molar-refractivity contribution in [3.05, 3.63) is 77.2 Å². The minimum Gasteiger partial charge on any atom is -0.464 e. The molecule has 2 amide bonds. The number of benzene rings is 2. The van der Waals surface area contributed by atoms with Gasteiger partial charge in [-0.25, -0.2) is 4.68 Å². The van der Waals surface area contributed by atoms with Gasteiger partial charge in [-0.3, -0.25) is 14.5 Å². The molecule has 0 unspecified atom stereocenters. The first-order valence-corrected chi connectivity index (χ1v) is 11.4. The predicted octanol–water partition coefficient (Wildman–Crippen LogP) is 3.49. The van der Waals surface area contributed by atoms with E-state index in [1.54, 1.807) is 30.8 Å². The van der Waals surface area contributed by atoms with Crippen LogP contribution in [0.25, 0.3) is 11.0 Å². The third kappa shape index (κ3) is 5.41. The SMILES string of the molecule is COCCNC(=O)[C@@H](c1ccc(C)o1)N(C(=O)Cn1nnc2ccccc21)c1cc(C)cc(C)c1. The van der Waals surface area contributed by atoms with Crippen LogP contribution >= 0.6 is 0 Å². The summed E-state index contributed by atoms with van der Waals surface area (Å²) >= 11 is 0.